The predicted octanol–water partition coefficient (Wildman–Crippen LogP) is 1.78. The molecule has 0 bridgehead atoms. The van der Waals surface area contributed by atoms with Gasteiger partial charge in [0.25, 0.3) is 0 Å². The molecule has 6 nitrogen and oxygen atoms in total. The lowest BCUT2D eigenvalue weighted by Gasteiger charge is -2.24. The van der Waals surface area contributed by atoms with Crippen LogP contribution in [0.2, 0.25) is 0 Å². The van der Waals surface area contributed by atoms with Crippen molar-refractivity contribution in [2.45, 2.75) is 40.2 Å². The van der Waals surface area contributed by atoms with Gasteiger partial charge in [-0.15, -0.1) is 0 Å². The first-order valence-corrected chi connectivity index (χ1v) is 6.16. The summed E-state index contributed by atoms with van der Waals surface area (Å²) in [6, 6.07) is 0. The van der Waals surface area contributed by atoms with Crippen molar-refractivity contribution in [1.29, 1.82) is 0 Å². The van der Waals surface area contributed by atoms with Crippen LogP contribution >= 0.6 is 0 Å². The third-order valence-corrected chi connectivity index (χ3v) is 2.82. The van der Waals surface area contributed by atoms with Gasteiger partial charge >= 0.3 is 0 Å². The Morgan fingerprint density at radius 2 is 1.84 bits per heavy atom. The molecular formula is C13H18N4O2. The van der Waals surface area contributed by atoms with Crippen molar-refractivity contribution in [1.82, 2.24) is 20.1 Å². The normalized spacial score (nSPS) is 13.5. The first kappa shape index (κ1) is 13.6. The first-order chi connectivity index (χ1) is 8.86. The van der Waals surface area contributed by atoms with E-state index in [9.17, 15) is 5.11 Å². The van der Waals surface area contributed by atoms with E-state index in [4.69, 9.17) is 4.52 Å². The Morgan fingerprint density at radius 3 is 2.42 bits per heavy atom. The molecule has 0 aliphatic heterocycles. The zero-order valence-corrected chi connectivity index (χ0v) is 11.6. The van der Waals surface area contributed by atoms with Gasteiger partial charge in [-0.3, -0.25) is 0 Å². The minimum atomic E-state index is -0.542. The van der Waals surface area contributed by atoms with Crippen molar-refractivity contribution in [3.05, 3.63) is 23.8 Å². The van der Waals surface area contributed by atoms with Gasteiger partial charge < -0.3 is 9.63 Å². The van der Waals surface area contributed by atoms with Crippen molar-refractivity contribution in [2.24, 2.45) is 5.41 Å². The highest BCUT2D eigenvalue weighted by Gasteiger charge is 2.25. The number of rotatable bonds is 3. The summed E-state index contributed by atoms with van der Waals surface area (Å²) >= 11 is 0. The van der Waals surface area contributed by atoms with Gasteiger partial charge in [-0.1, -0.05) is 25.9 Å². The average molecular weight is 262 g/mol. The third kappa shape index (κ3) is 3.35. The SMILES string of the molecule is Cc1cnc(-c2noc(CC(O)C(C)(C)C)n2)nc1. The molecule has 1 N–H and O–H groups in total. The van der Waals surface area contributed by atoms with Crippen LogP contribution in [0.3, 0.4) is 0 Å². The third-order valence-electron chi connectivity index (χ3n) is 2.82. The Kier molecular flexibility index (Phi) is 3.61. The Balaban J connectivity index is 2.13. The van der Waals surface area contributed by atoms with E-state index in [0.29, 0.717) is 24.0 Å². The zero-order chi connectivity index (χ0) is 14.0. The number of hydrogen-bond donors (Lipinski definition) is 1. The summed E-state index contributed by atoms with van der Waals surface area (Å²) < 4.78 is 5.11. The number of hydrogen-bond acceptors (Lipinski definition) is 6. The van der Waals surface area contributed by atoms with Gasteiger partial charge in [0.1, 0.15) is 0 Å². The molecule has 0 aromatic carbocycles. The minimum absolute atomic E-state index is 0.227. The molecule has 0 saturated heterocycles. The number of aryl methyl sites for hydroxylation is 1. The van der Waals surface area contributed by atoms with Gasteiger partial charge in [0.15, 0.2) is 0 Å². The van der Waals surface area contributed by atoms with E-state index in [2.05, 4.69) is 20.1 Å². The molecule has 0 amide bonds. The summed E-state index contributed by atoms with van der Waals surface area (Å²) in [6.45, 7) is 7.78. The molecule has 6 heteroatoms. The van der Waals surface area contributed by atoms with Crippen molar-refractivity contribution in [3.8, 4) is 11.6 Å². The van der Waals surface area contributed by atoms with E-state index >= 15 is 0 Å². The minimum Gasteiger partial charge on any atom is -0.392 e. The fourth-order valence-corrected chi connectivity index (χ4v) is 1.41. The number of nitrogens with zero attached hydrogens (tertiary/aromatic N) is 4. The molecular weight excluding hydrogens is 244 g/mol. The second-order valence-electron chi connectivity index (χ2n) is 5.68. The zero-order valence-electron chi connectivity index (χ0n) is 11.6. The molecule has 2 rings (SSSR count). The second-order valence-corrected chi connectivity index (χ2v) is 5.68. The van der Waals surface area contributed by atoms with E-state index < -0.39 is 6.10 Å². The highest BCUT2D eigenvalue weighted by atomic mass is 16.5. The van der Waals surface area contributed by atoms with Crippen LogP contribution in [0.25, 0.3) is 11.6 Å². The molecule has 0 fully saturated rings. The van der Waals surface area contributed by atoms with Crippen LogP contribution in [0.5, 0.6) is 0 Å². The molecule has 0 aliphatic carbocycles. The van der Waals surface area contributed by atoms with E-state index in [1.807, 2.05) is 27.7 Å². The maximum Gasteiger partial charge on any atom is 0.240 e. The highest BCUT2D eigenvalue weighted by molar-refractivity contribution is 5.40. The second kappa shape index (κ2) is 5.05. The van der Waals surface area contributed by atoms with Gasteiger partial charge in [-0.2, -0.15) is 4.98 Å². The van der Waals surface area contributed by atoms with Crippen molar-refractivity contribution in [2.75, 3.05) is 0 Å². The summed E-state index contributed by atoms with van der Waals surface area (Å²) in [5.74, 6) is 1.16. The molecule has 0 aliphatic rings. The summed E-state index contributed by atoms with van der Waals surface area (Å²) in [4.78, 5) is 12.5. The summed E-state index contributed by atoms with van der Waals surface area (Å²) in [5, 5.41) is 13.8. The lowest BCUT2D eigenvalue weighted by Crippen LogP contribution is -2.28. The van der Waals surface area contributed by atoms with Crippen LogP contribution in [0, 0.1) is 12.3 Å². The Labute approximate surface area is 111 Å². The van der Waals surface area contributed by atoms with Crippen molar-refractivity contribution in [3.63, 3.8) is 0 Å². The van der Waals surface area contributed by atoms with Gasteiger partial charge in [-0.25, -0.2) is 9.97 Å². The molecule has 1 unspecified atom stereocenters. The average Bonchev–Trinajstić information content (AvgIpc) is 2.77. The van der Waals surface area contributed by atoms with E-state index in [0.717, 1.165) is 5.56 Å². The largest absolute Gasteiger partial charge is 0.392 e. The molecule has 1 atom stereocenters. The lowest BCUT2D eigenvalue weighted by molar-refractivity contribution is 0.0565. The van der Waals surface area contributed by atoms with Gasteiger partial charge in [0.2, 0.25) is 17.5 Å². The fourth-order valence-electron chi connectivity index (χ4n) is 1.41. The topological polar surface area (TPSA) is 84.9 Å². The maximum atomic E-state index is 10.00. The Bertz CT molecular complexity index is 543. The molecule has 102 valence electrons. The highest BCUT2D eigenvalue weighted by Crippen LogP contribution is 2.22. The van der Waals surface area contributed by atoms with Crippen LogP contribution < -0.4 is 0 Å². The Morgan fingerprint density at radius 1 is 1.21 bits per heavy atom. The van der Waals surface area contributed by atoms with Crippen LogP contribution in [0.4, 0.5) is 0 Å². The van der Waals surface area contributed by atoms with E-state index in [1.165, 1.54) is 0 Å². The number of aliphatic hydroxyl groups is 1. The van der Waals surface area contributed by atoms with Gasteiger partial charge in [0.05, 0.1) is 12.5 Å². The molecule has 2 heterocycles. The van der Waals surface area contributed by atoms with Gasteiger partial charge in [0, 0.05) is 12.4 Å². The predicted molar refractivity (Wildman–Crippen MR) is 69.2 cm³/mol. The monoisotopic (exact) mass is 262 g/mol. The summed E-state index contributed by atoms with van der Waals surface area (Å²) in [6.07, 6.45) is 3.17. The molecule has 0 radical (unpaired) electrons. The van der Waals surface area contributed by atoms with Crippen molar-refractivity contribution < 1.29 is 9.63 Å². The quantitative estimate of drug-likeness (QED) is 0.907. The Hall–Kier alpha value is -1.82. The van der Waals surface area contributed by atoms with Crippen LogP contribution in [0.15, 0.2) is 16.9 Å². The van der Waals surface area contributed by atoms with Crippen molar-refractivity contribution >= 4 is 0 Å². The smallest absolute Gasteiger partial charge is 0.240 e. The van der Waals surface area contributed by atoms with Crippen LogP contribution in [-0.4, -0.2) is 31.3 Å². The molecule has 19 heavy (non-hydrogen) atoms. The lowest BCUT2D eigenvalue weighted by atomic mass is 9.87. The maximum absolute atomic E-state index is 10.00. The summed E-state index contributed by atoms with van der Waals surface area (Å²) in [5.41, 5.74) is 0.741. The first-order valence-electron chi connectivity index (χ1n) is 6.16. The number of aromatic nitrogens is 4. The van der Waals surface area contributed by atoms with Crippen LogP contribution in [0.1, 0.15) is 32.2 Å². The molecule has 2 aromatic heterocycles. The molecule has 0 saturated carbocycles. The molecule has 2 aromatic rings. The van der Waals surface area contributed by atoms with Gasteiger partial charge in [-0.05, 0) is 17.9 Å². The standard InChI is InChI=1S/C13H18N4O2/c1-8-6-14-11(15-7-8)12-16-10(19-17-12)5-9(18)13(2,3)4/h6-7,9,18H,5H2,1-4H3. The molecule has 0 spiro atoms. The summed E-state index contributed by atoms with van der Waals surface area (Å²) in [7, 11) is 0. The van der Waals surface area contributed by atoms with E-state index in [1.54, 1.807) is 12.4 Å². The van der Waals surface area contributed by atoms with E-state index in [-0.39, 0.29) is 5.41 Å². The van der Waals surface area contributed by atoms with Crippen LogP contribution in [-0.2, 0) is 6.42 Å². The number of aliphatic hydroxyl groups excluding tert-OH is 1. The fraction of sp³-hybridized carbons (Fsp3) is 0.538.